The number of fused-ring (bicyclic) bond motifs is 2. The van der Waals surface area contributed by atoms with E-state index in [1.165, 1.54) is 12.1 Å². The average Bonchev–Trinajstić information content (AvgIpc) is 3.27. The molecule has 1 atom stereocenters. The largest absolute Gasteiger partial charge is 0.497 e. The minimum absolute atomic E-state index is 0.0894. The smallest absolute Gasteiger partial charge is 0.254 e. The summed E-state index contributed by atoms with van der Waals surface area (Å²) < 4.78 is 19.7. The zero-order chi connectivity index (χ0) is 21.5. The van der Waals surface area contributed by atoms with Gasteiger partial charge in [0.25, 0.3) is 5.91 Å². The fourth-order valence-electron chi connectivity index (χ4n) is 4.69. The molecule has 31 heavy (non-hydrogen) atoms. The van der Waals surface area contributed by atoms with E-state index in [1.807, 2.05) is 11.0 Å². The first-order valence-corrected chi connectivity index (χ1v) is 10.6. The second-order valence-electron chi connectivity index (χ2n) is 8.12. The number of ketones is 1. The van der Waals surface area contributed by atoms with Crippen LogP contribution in [0.3, 0.4) is 0 Å². The van der Waals surface area contributed by atoms with Gasteiger partial charge in [0.2, 0.25) is 0 Å². The predicted octanol–water partition coefficient (Wildman–Crippen LogP) is 4.69. The number of nitrogens with zero attached hydrogens (tertiary/aromatic N) is 1. The summed E-state index contributed by atoms with van der Waals surface area (Å²) in [5.41, 5.74) is 2.71. The quantitative estimate of drug-likeness (QED) is 0.671. The number of aromatic nitrogens is 1. The molecule has 5 nitrogen and oxygen atoms in total. The average molecular weight is 418 g/mol. The number of nitrogens with one attached hydrogen (secondary N) is 1. The van der Waals surface area contributed by atoms with Crippen molar-refractivity contribution in [2.75, 3.05) is 20.2 Å². The maximum atomic E-state index is 14.4. The first-order valence-electron chi connectivity index (χ1n) is 10.6. The number of H-pyrrole nitrogens is 1. The highest BCUT2D eigenvalue weighted by molar-refractivity contribution is 6.26. The van der Waals surface area contributed by atoms with Crippen molar-refractivity contribution >= 4 is 28.2 Å². The van der Waals surface area contributed by atoms with Crippen LogP contribution in [-0.4, -0.2) is 41.8 Å². The molecule has 1 unspecified atom stereocenters. The Labute approximate surface area is 179 Å². The predicted molar refractivity (Wildman–Crippen MR) is 117 cm³/mol. The molecule has 158 valence electrons. The highest BCUT2D eigenvalue weighted by Crippen LogP contribution is 2.40. The number of hydrogen-bond acceptors (Lipinski definition) is 3. The van der Waals surface area contributed by atoms with Gasteiger partial charge < -0.3 is 14.6 Å². The normalized spacial score (nSPS) is 18.6. The van der Waals surface area contributed by atoms with E-state index in [2.05, 4.69) is 4.98 Å². The van der Waals surface area contributed by atoms with Crippen molar-refractivity contribution in [2.45, 2.75) is 25.2 Å². The molecular weight excluding hydrogens is 395 g/mol. The van der Waals surface area contributed by atoms with Crippen molar-refractivity contribution < 1.29 is 18.7 Å². The number of rotatable bonds is 3. The standard InChI is InChI=1S/C25H23FN2O3/c1-31-16-5-6-18-20(13-16)22(25(30)28-9-3-2-4-10-28)14-21(24(18)29)19-11-15(26)12-23-17(19)7-8-27-23/h5-8,11-14,21,27H,2-4,9-10H2,1H3. The summed E-state index contributed by atoms with van der Waals surface area (Å²) in [5.74, 6) is -0.815. The summed E-state index contributed by atoms with van der Waals surface area (Å²) in [4.78, 5) is 31.9. The number of ether oxygens (including phenoxy) is 1. The first-order chi connectivity index (χ1) is 15.1. The molecule has 0 saturated carbocycles. The van der Waals surface area contributed by atoms with E-state index in [9.17, 15) is 14.0 Å². The van der Waals surface area contributed by atoms with Crippen LogP contribution in [0, 0.1) is 5.82 Å². The van der Waals surface area contributed by atoms with Gasteiger partial charge in [-0.25, -0.2) is 4.39 Å². The van der Waals surface area contributed by atoms with Crippen LogP contribution in [-0.2, 0) is 4.79 Å². The second-order valence-corrected chi connectivity index (χ2v) is 8.12. The fraction of sp³-hybridized carbons (Fsp3) is 0.280. The molecule has 1 aromatic heterocycles. The minimum atomic E-state index is -0.737. The molecule has 0 spiro atoms. The Morgan fingerprint density at radius 2 is 1.90 bits per heavy atom. The molecule has 6 heteroatoms. The van der Waals surface area contributed by atoms with Gasteiger partial charge in [0.15, 0.2) is 5.78 Å². The number of carbonyl (C=O) groups is 2. The van der Waals surface area contributed by atoms with Crippen molar-refractivity contribution in [1.82, 2.24) is 9.88 Å². The number of amides is 1. The topological polar surface area (TPSA) is 62.4 Å². The molecule has 2 heterocycles. The van der Waals surface area contributed by atoms with Gasteiger partial charge >= 0.3 is 0 Å². The van der Waals surface area contributed by atoms with Gasteiger partial charge in [0, 0.05) is 46.9 Å². The number of aromatic amines is 1. The van der Waals surface area contributed by atoms with Crippen molar-refractivity contribution in [2.24, 2.45) is 0 Å². The molecule has 5 rings (SSSR count). The number of Topliss-reactive ketones (excluding diaryl/α,β-unsaturated/α-hetero) is 1. The lowest BCUT2D eigenvalue weighted by atomic mass is 9.78. The second kappa shape index (κ2) is 7.69. The van der Waals surface area contributed by atoms with Crippen molar-refractivity contribution in [3.63, 3.8) is 0 Å². The number of allylic oxidation sites excluding steroid dienone is 1. The maximum Gasteiger partial charge on any atom is 0.254 e. The third-order valence-corrected chi connectivity index (χ3v) is 6.27. The summed E-state index contributed by atoms with van der Waals surface area (Å²) in [5, 5.41) is 0.776. The Morgan fingerprint density at radius 1 is 1.10 bits per heavy atom. The van der Waals surface area contributed by atoms with Crippen LogP contribution in [0.2, 0.25) is 0 Å². The molecule has 2 aromatic carbocycles. The SMILES string of the molecule is COc1ccc2c(c1)C(C(=O)N1CCCCC1)=CC(c1cc(F)cc3[nH]ccc13)C2=O. The lowest BCUT2D eigenvalue weighted by molar-refractivity contribution is -0.125. The number of piperidine rings is 1. The Morgan fingerprint density at radius 3 is 2.68 bits per heavy atom. The van der Waals surface area contributed by atoms with Crippen LogP contribution in [0.25, 0.3) is 16.5 Å². The summed E-state index contributed by atoms with van der Waals surface area (Å²) >= 11 is 0. The van der Waals surface area contributed by atoms with Crippen molar-refractivity contribution in [1.29, 1.82) is 0 Å². The van der Waals surface area contributed by atoms with Crippen LogP contribution >= 0.6 is 0 Å². The van der Waals surface area contributed by atoms with Crippen LogP contribution in [0.5, 0.6) is 5.75 Å². The summed E-state index contributed by atoms with van der Waals surface area (Å²) in [7, 11) is 1.56. The number of halogens is 1. The zero-order valence-electron chi connectivity index (χ0n) is 17.3. The molecule has 1 amide bonds. The lowest BCUT2D eigenvalue weighted by Crippen LogP contribution is -2.37. The monoisotopic (exact) mass is 418 g/mol. The number of likely N-dealkylation sites (tertiary alicyclic amines) is 1. The molecule has 3 aromatic rings. The number of hydrogen-bond donors (Lipinski definition) is 1. The number of methoxy groups -OCH3 is 1. The fourth-order valence-corrected chi connectivity index (χ4v) is 4.69. The molecule has 1 saturated heterocycles. The van der Waals surface area contributed by atoms with E-state index in [4.69, 9.17) is 4.74 Å². The summed E-state index contributed by atoms with van der Waals surface area (Å²) in [6.07, 6.45) is 6.50. The van der Waals surface area contributed by atoms with E-state index in [1.54, 1.807) is 37.6 Å². The van der Waals surface area contributed by atoms with Gasteiger partial charge in [0.05, 0.1) is 13.0 Å². The summed E-state index contributed by atoms with van der Waals surface area (Å²) in [6, 6.07) is 9.81. The molecule has 2 aliphatic rings. The van der Waals surface area contributed by atoms with E-state index in [0.717, 1.165) is 24.6 Å². The van der Waals surface area contributed by atoms with Crippen molar-refractivity contribution in [3.05, 3.63) is 71.2 Å². The maximum absolute atomic E-state index is 14.4. The number of benzene rings is 2. The summed E-state index contributed by atoms with van der Waals surface area (Å²) in [6.45, 7) is 1.41. The molecule has 1 aliphatic heterocycles. The van der Waals surface area contributed by atoms with Crippen LogP contribution in [0.15, 0.2) is 48.7 Å². The van der Waals surface area contributed by atoms with Gasteiger partial charge in [-0.05, 0) is 61.2 Å². The molecule has 1 fully saturated rings. The Hall–Kier alpha value is -3.41. The third-order valence-electron chi connectivity index (χ3n) is 6.27. The minimum Gasteiger partial charge on any atom is -0.497 e. The molecule has 1 aliphatic carbocycles. The first kappa shape index (κ1) is 19.5. The molecule has 0 bridgehead atoms. The Kier molecular flexibility index (Phi) is 4.85. The Balaban J connectivity index is 1.68. The number of carbonyl (C=O) groups excluding carboxylic acids is 2. The van der Waals surface area contributed by atoms with Gasteiger partial charge in [0.1, 0.15) is 11.6 Å². The van der Waals surface area contributed by atoms with Gasteiger partial charge in [-0.3, -0.25) is 9.59 Å². The van der Waals surface area contributed by atoms with Crippen LogP contribution in [0.4, 0.5) is 4.39 Å². The highest BCUT2D eigenvalue weighted by atomic mass is 19.1. The molecule has 1 N–H and O–H groups in total. The third kappa shape index (κ3) is 3.32. The highest BCUT2D eigenvalue weighted by Gasteiger charge is 2.34. The van der Waals surface area contributed by atoms with Gasteiger partial charge in [-0.1, -0.05) is 6.08 Å². The van der Waals surface area contributed by atoms with Gasteiger partial charge in [-0.2, -0.15) is 0 Å². The molecular formula is C25H23FN2O3. The van der Waals surface area contributed by atoms with Crippen LogP contribution < -0.4 is 4.74 Å². The van der Waals surface area contributed by atoms with E-state index < -0.39 is 11.7 Å². The van der Waals surface area contributed by atoms with Gasteiger partial charge in [-0.15, -0.1) is 0 Å². The van der Waals surface area contributed by atoms with Crippen molar-refractivity contribution in [3.8, 4) is 5.75 Å². The lowest BCUT2D eigenvalue weighted by Gasteiger charge is -2.30. The van der Waals surface area contributed by atoms with E-state index in [0.29, 0.717) is 46.6 Å². The zero-order valence-corrected chi connectivity index (χ0v) is 17.3. The van der Waals surface area contributed by atoms with E-state index in [-0.39, 0.29) is 11.7 Å². The van der Waals surface area contributed by atoms with E-state index >= 15 is 0 Å². The Bertz CT molecular complexity index is 1220. The molecule has 0 radical (unpaired) electrons. The van der Waals surface area contributed by atoms with Crippen LogP contribution in [0.1, 0.15) is 46.7 Å².